The highest BCUT2D eigenvalue weighted by Gasteiger charge is 2.35. The van der Waals surface area contributed by atoms with Crippen molar-refractivity contribution in [3.63, 3.8) is 0 Å². The second-order valence-corrected chi connectivity index (χ2v) is 8.92. The summed E-state index contributed by atoms with van der Waals surface area (Å²) in [5, 5.41) is 2.83. The summed E-state index contributed by atoms with van der Waals surface area (Å²) in [5.41, 5.74) is 1.46. The van der Waals surface area contributed by atoms with Gasteiger partial charge in [-0.05, 0) is 35.9 Å². The fourth-order valence-corrected chi connectivity index (χ4v) is 3.88. The summed E-state index contributed by atoms with van der Waals surface area (Å²) in [6.45, 7) is 0.617. The molecule has 1 fully saturated rings. The molecule has 28 heavy (non-hydrogen) atoms. The molecule has 1 atom stereocenters. The first-order chi connectivity index (χ1) is 13.3. The third-order valence-corrected chi connectivity index (χ3v) is 6.44. The van der Waals surface area contributed by atoms with Gasteiger partial charge in [0.25, 0.3) is 0 Å². The lowest BCUT2D eigenvalue weighted by Crippen LogP contribution is -2.32. The van der Waals surface area contributed by atoms with Crippen molar-refractivity contribution in [2.45, 2.75) is 17.9 Å². The molecule has 1 N–H and O–H groups in total. The molecule has 1 saturated heterocycles. The van der Waals surface area contributed by atoms with Gasteiger partial charge in [-0.2, -0.15) is 0 Å². The number of benzene rings is 1. The topological polar surface area (TPSA) is 99.7 Å². The number of pyridine rings is 1. The van der Waals surface area contributed by atoms with Gasteiger partial charge in [0.15, 0.2) is 0 Å². The molecule has 3 rings (SSSR count). The predicted octanol–water partition coefficient (Wildman–Crippen LogP) is 1.00. The molecule has 9 heteroatoms. The molecule has 0 aliphatic carbocycles. The second-order valence-electron chi connectivity index (χ2n) is 6.77. The van der Waals surface area contributed by atoms with Gasteiger partial charge >= 0.3 is 0 Å². The molecule has 8 nitrogen and oxygen atoms in total. The molecule has 1 aliphatic heterocycles. The van der Waals surface area contributed by atoms with E-state index in [4.69, 9.17) is 0 Å². The summed E-state index contributed by atoms with van der Waals surface area (Å²) in [5.74, 6) is -0.800. The van der Waals surface area contributed by atoms with Crippen LogP contribution in [0.5, 0.6) is 0 Å². The van der Waals surface area contributed by atoms with Crippen LogP contribution in [0.1, 0.15) is 12.0 Å². The SMILES string of the molecule is CN(C)S(=O)(=O)c1ccc(N2C[C@H](C(=O)NCc3cccnc3)CC2=O)cc1. The van der Waals surface area contributed by atoms with Crippen LogP contribution in [0.25, 0.3) is 0 Å². The quantitative estimate of drug-likeness (QED) is 0.777. The van der Waals surface area contributed by atoms with Crippen LogP contribution in [0, 0.1) is 5.92 Å². The minimum atomic E-state index is -3.53. The van der Waals surface area contributed by atoms with Crippen molar-refractivity contribution in [3.05, 3.63) is 54.4 Å². The van der Waals surface area contributed by atoms with E-state index in [1.54, 1.807) is 30.6 Å². The van der Waals surface area contributed by atoms with Crippen LogP contribution in [0.15, 0.2) is 53.7 Å². The first kappa shape index (κ1) is 20.0. The van der Waals surface area contributed by atoms with E-state index < -0.39 is 15.9 Å². The zero-order chi connectivity index (χ0) is 20.3. The molecule has 2 amide bonds. The van der Waals surface area contributed by atoms with Crippen molar-refractivity contribution >= 4 is 27.5 Å². The number of aromatic nitrogens is 1. The van der Waals surface area contributed by atoms with E-state index in [1.165, 1.54) is 31.1 Å². The Hall–Kier alpha value is -2.78. The van der Waals surface area contributed by atoms with Crippen LogP contribution < -0.4 is 10.2 Å². The van der Waals surface area contributed by atoms with Gasteiger partial charge in [0.2, 0.25) is 21.8 Å². The molecule has 1 aromatic heterocycles. The van der Waals surface area contributed by atoms with Gasteiger partial charge in [-0.1, -0.05) is 6.07 Å². The number of hydrogen-bond donors (Lipinski definition) is 1. The molecule has 0 bridgehead atoms. The van der Waals surface area contributed by atoms with E-state index in [2.05, 4.69) is 10.3 Å². The number of carbonyl (C=O) groups excluding carboxylic acids is 2. The Morgan fingerprint density at radius 2 is 1.96 bits per heavy atom. The van der Waals surface area contributed by atoms with Crippen molar-refractivity contribution in [1.29, 1.82) is 0 Å². The molecule has 148 valence electrons. The highest BCUT2D eigenvalue weighted by molar-refractivity contribution is 7.89. The fraction of sp³-hybridized carbons (Fsp3) is 0.316. The van der Waals surface area contributed by atoms with Gasteiger partial charge in [0.1, 0.15) is 0 Å². The number of carbonyl (C=O) groups is 2. The molecule has 0 saturated carbocycles. The van der Waals surface area contributed by atoms with Crippen LogP contribution in [-0.2, 0) is 26.2 Å². The van der Waals surface area contributed by atoms with Crippen LogP contribution in [0.4, 0.5) is 5.69 Å². The summed E-state index contributed by atoms with van der Waals surface area (Å²) in [6.07, 6.45) is 3.46. The highest BCUT2D eigenvalue weighted by Crippen LogP contribution is 2.27. The van der Waals surface area contributed by atoms with Crippen LogP contribution in [0.3, 0.4) is 0 Å². The van der Waals surface area contributed by atoms with Crippen molar-refractivity contribution < 1.29 is 18.0 Å². The Morgan fingerprint density at radius 3 is 2.57 bits per heavy atom. The molecule has 1 aromatic carbocycles. The molecular formula is C19H22N4O4S. The molecular weight excluding hydrogens is 380 g/mol. The molecule has 0 radical (unpaired) electrons. The first-order valence-corrected chi connectivity index (χ1v) is 10.2. The summed E-state index contributed by atoms with van der Waals surface area (Å²) in [6, 6.07) is 9.76. The van der Waals surface area contributed by atoms with Crippen molar-refractivity contribution in [2.24, 2.45) is 5.92 Å². The number of amides is 2. The zero-order valence-electron chi connectivity index (χ0n) is 15.7. The van der Waals surface area contributed by atoms with Crippen LogP contribution in [0.2, 0.25) is 0 Å². The molecule has 1 aliphatic rings. The van der Waals surface area contributed by atoms with Gasteiger partial charge in [-0.3, -0.25) is 14.6 Å². The predicted molar refractivity (Wildman–Crippen MR) is 104 cm³/mol. The first-order valence-electron chi connectivity index (χ1n) is 8.78. The van der Waals surface area contributed by atoms with Crippen molar-refractivity contribution in [1.82, 2.24) is 14.6 Å². The van der Waals surface area contributed by atoms with E-state index >= 15 is 0 Å². The molecule has 0 unspecified atom stereocenters. The smallest absolute Gasteiger partial charge is 0.242 e. The molecule has 2 aromatic rings. The Balaban J connectivity index is 1.65. The van der Waals surface area contributed by atoms with Gasteiger partial charge in [-0.15, -0.1) is 0 Å². The zero-order valence-corrected chi connectivity index (χ0v) is 16.5. The Morgan fingerprint density at radius 1 is 1.25 bits per heavy atom. The van der Waals surface area contributed by atoms with Crippen LogP contribution in [-0.4, -0.2) is 50.2 Å². The van der Waals surface area contributed by atoms with Gasteiger partial charge in [-0.25, -0.2) is 12.7 Å². The van der Waals surface area contributed by atoms with Crippen LogP contribution >= 0.6 is 0 Å². The number of nitrogens with zero attached hydrogens (tertiary/aromatic N) is 3. The standard InChI is InChI=1S/C19H22N4O4S/c1-22(2)28(26,27)17-7-5-16(6-8-17)23-13-15(10-18(23)24)19(25)21-12-14-4-3-9-20-11-14/h3-9,11,15H,10,12-13H2,1-2H3,(H,21,25)/t15-/m1/s1. The number of hydrogen-bond acceptors (Lipinski definition) is 5. The Labute approximate surface area is 164 Å². The maximum atomic E-state index is 12.4. The summed E-state index contributed by atoms with van der Waals surface area (Å²) < 4.78 is 25.4. The summed E-state index contributed by atoms with van der Waals surface area (Å²) in [7, 11) is -0.607. The average molecular weight is 402 g/mol. The fourth-order valence-electron chi connectivity index (χ4n) is 2.98. The minimum Gasteiger partial charge on any atom is -0.352 e. The van der Waals surface area contributed by atoms with Gasteiger partial charge < -0.3 is 10.2 Å². The average Bonchev–Trinajstić information content (AvgIpc) is 3.08. The number of sulfonamides is 1. The molecule has 0 spiro atoms. The summed E-state index contributed by atoms with van der Waals surface area (Å²) in [4.78, 5) is 30.4. The Kier molecular flexibility index (Phi) is 5.76. The maximum absolute atomic E-state index is 12.4. The third kappa shape index (κ3) is 4.20. The van der Waals surface area contributed by atoms with E-state index in [0.717, 1.165) is 9.87 Å². The minimum absolute atomic E-state index is 0.122. The number of anilines is 1. The normalized spacial score (nSPS) is 17.2. The largest absolute Gasteiger partial charge is 0.352 e. The van der Waals surface area contributed by atoms with Crippen molar-refractivity contribution in [3.8, 4) is 0 Å². The highest BCUT2D eigenvalue weighted by atomic mass is 32.2. The monoisotopic (exact) mass is 402 g/mol. The van der Waals surface area contributed by atoms with E-state index in [9.17, 15) is 18.0 Å². The van der Waals surface area contributed by atoms with Gasteiger partial charge in [0.05, 0.1) is 10.8 Å². The lowest BCUT2D eigenvalue weighted by molar-refractivity contribution is -0.126. The summed E-state index contributed by atoms with van der Waals surface area (Å²) >= 11 is 0. The lowest BCUT2D eigenvalue weighted by atomic mass is 10.1. The van der Waals surface area contributed by atoms with Gasteiger partial charge in [0, 0.05) is 51.7 Å². The number of rotatable bonds is 6. The lowest BCUT2D eigenvalue weighted by Gasteiger charge is -2.18. The van der Waals surface area contributed by atoms with E-state index in [-0.39, 0.29) is 29.7 Å². The third-order valence-electron chi connectivity index (χ3n) is 4.61. The van der Waals surface area contributed by atoms with E-state index in [1.807, 2.05) is 6.07 Å². The number of nitrogens with one attached hydrogen (secondary N) is 1. The van der Waals surface area contributed by atoms with Crippen molar-refractivity contribution in [2.75, 3.05) is 25.5 Å². The van der Waals surface area contributed by atoms with E-state index in [0.29, 0.717) is 12.2 Å². The maximum Gasteiger partial charge on any atom is 0.242 e. The Bertz CT molecular complexity index is 959. The molecule has 2 heterocycles. The second kappa shape index (κ2) is 8.07.